The second-order valence-electron chi connectivity index (χ2n) is 7.88. The van der Waals surface area contributed by atoms with Gasteiger partial charge < -0.3 is 14.8 Å². The number of methoxy groups -OCH3 is 1. The van der Waals surface area contributed by atoms with E-state index in [0.717, 1.165) is 12.1 Å². The van der Waals surface area contributed by atoms with Crippen molar-refractivity contribution < 1.29 is 31.9 Å². The van der Waals surface area contributed by atoms with E-state index >= 15 is 0 Å². The summed E-state index contributed by atoms with van der Waals surface area (Å²) in [4.78, 5) is 24.6. The lowest BCUT2D eigenvalue weighted by Crippen LogP contribution is -2.40. The van der Waals surface area contributed by atoms with Gasteiger partial charge in [-0.3, -0.25) is 4.79 Å². The fourth-order valence-electron chi connectivity index (χ4n) is 2.58. The molecular formula is C21H24ClFN2O6S. The van der Waals surface area contributed by atoms with Gasteiger partial charge in [-0.05, 0) is 64.1 Å². The maximum absolute atomic E-state index is 13.9. The lowest BCUT2D eigenvalue weighted by Gasteiger charge is -2.21. The maximum Gasteiger partial charge on any atom is 0.338 e. The van der Waals surface area contributed by atoms with Crippen molar-refractivity contribution >= 4 is 39.2 Å². The van der Waals surface area contributed by atoms with Crippen LogP contribution in [0.4, 0.5) is 10.1 Å². The molecule has 0 heterocycles. The number of carbonyl (C=O) groups excluding carboxylic acids is 2. The third kappa shape index (κ3) is 6.65. The predicted octanol–water partition coefficient (Wildman–Crippen LogP) is 3.75. The third-order valence-electron chi connectivity index (χ3n) is 3.97. The number of sulfonamides is 1. The largest absolute Gasteiger partial charge is 0.495 e. The molecule has 2 rings (SSSR count). The standard InChI is InChI=1S/C21H24ClFN2O6S/c1-12(19(26)24-16-8-7-14(22)11-15(16)23)31-20(27)13-6-9-17(30-5)18(10-13)32(28,29)25-21(2,3)4/h6-12,25H,1-5H3,(H,24,26). The Hall–Kier alpha value is -2.69. The Balaban J connectivity index is 2.21. The van der Waals surface area contributed by atoms with Crippen molar-refractivity contribution in [3.63, 3.8) is 0 Å². The van der Waals surface area contributed by atoms with E-state index in [1.54, 1.807) is 20.8 Å². The zero-order valence-electron chi connectivity index (χ0n) is 18.2. The molecule has 2 N–H and O–H groups in total. The van der Waals surface area contributed by atoms with Crippen LogP contribution >= 0.6 is 11.6 Å². The van der Waals surface area contributed by atoms with Gasteiger partial charge >= 0.3 is 5.97 Å². The lowest BCUT2D eigenvalue weighted by molar-refractivity contribution is -0.123. The van der Waals surface area contributed by atoms with Gasteiger partial charge in [-0.2, -0.15) is 0 Å². The smallest absolute Gasteiger partial charge is 0.338 e. The molecule has 2 aromatic carbocycles. The first kappa shape index (κ1) is 25.6. The van der Waals surface area contributed by atoms with E-state index in [1.165, 1.54) is 38.3 Å². The van der Waals surface area contributed by atoms with E-state index in [1.807, 2.05) is 0 Å². The van der Waals surface area contributed by atoms with Crippen molar-refractivity contribution in [2.75, 3.05) is 12.4 Å². The van der Waals surface area contributed by atoms with Crippen molar-refractivity contribution in [2.24, 2.45) is 0 Å². The average molecular weight is 487 g/mol. The molecule has 1 unspecified atom stereocenters. The molecule has 32 heavy (non-hydrogen) atoms. The maximum atomic E-state index is 13.9. The number of ether oxygens (including phenoxy) is 2. The van der Waals surface area contributed by atoms with Crippen molar-refractivity contribution in [1.29, 1.82) is 0 Å². The molecule has 1 amide bonds. The molecule has 0 aromatic heterocycles. The third-order valence-corrected chi connectivity index (χ3v) is 5.99. The van der Waals surface area contributed by atoms with Crippen molar-refractivity contribution in [2.45, 2.75) is 44.2 Å². The van der Waals surface area contributed by atoms with Gasteiger partial charge in [0, 0.05) is 10.6 Å². The highest BCUT2D eigenvalue weighted by Crippen LogP contribution is 2.27. The Labute approximate surface area is 191 Å². The van der Waals surface area contributed by atoms with Crippen LogP contribution in [-0.4, -0.2) is 39.0 Å². The molecule has 0 fully saturated rings. The van der Waals surface area contributed by atoms with Gasteiger partial charge in [-0.25, -0.2) is 22.3 Å². The van der Waals surface area contributed by atoms with Gasteiger partial charge in [-0.1, -0.05) is 11.6 Å². The number of esters is 1. The van der Waals surface area contributed by atoms with E-state index in [2.05, 4.69) is 10.0 Å². The first-order valence-electron chi connectivity index (χ1n) is 9.42. The van der Waals surface area contributed by atoms with E-state index < -0.39 is 39.4 Å². The minimum absolute atomic E-state index is 0.0299. The summed E-state index contributed by atoms with van der Waals surface area (Å²) in [5.74, 6) is -2.45. The highest BCUT2D eigenvalue weighted by atomic mass is 35.5. The van der Waals surface area contributed by atoms with Crippen LogP contribution in [0.1, 0.15) is 38.1 Å². The van der Waals surface area contributed by atoms with Crippen LogP contribution in [-0.2, 0) is 19.6 Å². The number of nitrogens with one attached hydrogen (secondary N) is 2. The quantitative estimate of drug-likeness (QED) is 0.577. The summed E-state index contributed by atoms with van der Waals surface area (Å²) in [6.07, 6.45) is -1.30. The first-order valence-corrected chi connectivity index (χ1v) is 11.3. The highest BCUT2D eigenvalue weighted by Gasteiger charge is 2.27. The molecule has 0 bridgehead atoms. The number of hydrogen-bond donors (Lipinski definition) is 2. The van der Waals surface area contributed by atoms with Crippen LogP contribution in [0.3, 0.4) is 0 Å². The fourth-order valence-corrected chi connectivity index (χ4v) is 4.35. The molecule has 2 aromatic rings. The summed E-state index contributed by atoms with van der Waals surface area (Å²) < 4.78 is 52.0. The number of amides is 1. The molecule has 1 atom stereocenters. The monoisotopic (exact) mass is 486 g/mol. The molecule has 0 aliphatic carbocycles. The summed E-state index contributed by atoms with van der Waals surface area (Å²) in [5, 5.41) is 2.46. The average Bonchev–Trinajstić information content (AvgIpc) is 2.67. The second kappa shape index (κ2) is 9.85. The Kier molecular flexibility index (Phi) is 7.87. The number of halogens is 2. The molecule has 174 valence electrons. The van der Waals surface area contributed by atoms with E-state index in [4.69, 9.17) is 21.1 Å². The zero-order chi connectivity index (χ0) is 24.3. The predicted molar refractivity (Wildman–Crippen MR) is 118 cm³/mol. The Morgan fingerprint density at radius 2 is 1.78 bits per heavy atom. The van der Waals surface area contributed by atoms with Crippen molar-refractivity contribution in [3.8, 4) is 5.75 Å². The highest BCUT2D eigenvalue weighted by molar-refractivity contribution is 7.89. The number of carbonyl (C=O) groups is 2. The second-order valence-corrected chi connectivity index (χ2v) is 9.97. The minimum Gasteiger partial charge on any atom is -0.495 e. The normalized spacial score (nSPS) is 12.7. The molecule has 8 nitrogen and oxygen atoms in total. The molecule has 0 spiro atoms. The summed E-state index contributed by atoms with van der Waals surface area (Å²) in [7, 11) is -2.73. The molecule has 0 saturated carbocycles. The van der Waals surface area contributed by atoms with Gasteiger partial charge in [0.2, 0.25) is 10.0 Å². The SMILES string of the molecule is COc1ccc(C(=O)OC(C)C(=O)Nc2ccc(Cl)cc2F)cc1S(=O)(=O)NC(C)(C)C. The van der Waals surface area contributed by atoms with E-state index in [-0.39, 0.29) is 26.9 Å². The van der Waals surface area contributed by atoms with Gasteiger partial charge in [0.25, 0.3) is 5.91 Å². The topological polar surface area (TPSA) is 111 Å². The zero-order valence-corrected chi connectivity index (χ0v) is 19.7. The summed E-state index contributed by atoms with van der Waals surface area (Å²) >= 11 is 5.68. The number of benzene rings is 2. The molecule has 11 heteroatoms. The Morgan fingerprint density at radius 1 is 1.12 bits per heavy atom. The molecular weight excluding hydrogens is 463 g/mol. The van der Waals surface area contributed by atoms with Gasteiger partial charge in [-0.15, -0.1) is 0 Å². The number of hydrogen-bond acceptors (Lipinski definition) is 6. The van der Waals surface area contributed by atoms with E-state index in [9.17, 15) is 22.4 Å². The summed E-state index contributed by atoms with van der Waals surface area (Å²) in [6, 6.07) is 7.40. The first-order chi connectivity index (χ1) is 14.7. The molecule has 0 aliphatic heterocycles. The van der Waals surface area contributed by atoms with Crippen LogP contribution in [0.25, 0.3) is 0 Å². The van der Waals surface area contributed by atoms with Gasteiger partial charge in [0.05, 0.1) is 18.4 Å². The lowest BCUT2D eigenvalue weighted by atomic mass is 10.1. The Morgan fingerprint density at radius 3 is 2.34 bits per heavy atom. The molecule has 0 saturated heterocycles. The van der Waals surface area contributed by atoms with Crippen LogP contribution < -0.4 is 14.8 Å². The van der Waals surface area contributed by atoms with Crippen LogP contribution in [0.15, 0.2) is 41.3 Å². The molecule has 0 radical (unpaired) electrons. The summed E-state index contributed by atoms with van der Waals surface area (Å²) in [5.41, 5.74) is -1.02. The van der Waals surface area contributed by atoms with Gasteiger partial charge in [0.1, 0.15) is 16.5 Å². The van der Waals surface area contributed by atoms with Crippen LogP contribution in [0.2, 0.25) is 5.02 Å². The molecule has 0 aliphatic rings. The van der Waals surface area contributed by atoms with Crippen LogP contribution in [0.5, 0.6) is 5.75 Å². The van der Waals surface area contributed by atoms with E-state index in [0.29, 0.717) is 0 Å². The van der Waals surface area contributed by atoms with Crippen LogP contribution in [0, 0.1) is 5.82 Å². The number of rotatable bonds is 7. The van der Waals surface area contributed by atoms with Crippen molar-refractivity contribution in [1.82, 2.24) is 4.72 Å². The summed E-state index contributed by atoms with van der Waals surface area (Å²) in [6.45, 7) is 6.29. The number of anilines is 1. The van der Waals surface area contributed by atoms with Crippen molar-refractivity contribution in [3.05, 3.63) is 52.8 Å². The Bertz CT molecular complexity index is 1130. The minimum atomic E-state index is -4.03. The van der Waals surface area contributed by atoms with Gasteiger partial charge in [0.15, 0.2) is 6.10 Å². The fraction of sp³-hybridized carbons (Fsp3) is 0.333.